The van der Waals surface area contributed by atoms with Gasteiger partial charge in [0.1, 0.15) is 11.5 Å². The molecule has 1 aromatic carbocycles. The van der Waals surface area contributed by atoms with Crippen molar-refractivity contribution in [3.63, 3.8) is 0 Å². The van der Waals surface area contributed by atoms with Crippen LogP contribution in [0.25, 0.3) is 10.1 Å². The van der Waals surface area contributed by atoms with Crippen LogP contribution in [0.2, 0.25) is 5.02 Å². The van der Waals surface area contributed by atoms with Gasteiger partial charge in [-0.05, 0) is 12.1 Å². The zero-order valence-electron chi connectivity index (χ0n) is 12.8. The molecule has 0 spiro atoms. The number of carboxylic acid groups (broad SMARTS) is 1. The van der Waals surface area contributed by atoms with Gasteiger partial charge in [0, 0.05) is 28.9 Å². The first-order valence-corrected chi connectivity index (χ1v) is 8.18. The summed E-state index contributed by atoms with van der Waals surface area (Å²) in [6, 6.07) is 1.48. The molecule has 27 heavy (non-hydrogen) atoms. The van der Waals surface area contributed by atoms with Gasteiger partial charge in [-0.1, -0.05) is 11.6 Å². The van der Waals surface area contributed by atoms with E-state index in [1.165, 1.54) is 12.4 Å². The van der Waals surface area contributed by atoms with Gasteiger partial charge in [-0.25, -0.2) is 13.6 Å². The summed E-state index contributed by atoms with van der Waals surface area (Å²) in [6.45, 7) is -0.449. The Hall–Kier alpha value is -2.18. The molecule has 3 aromatic rings. The molecular formula is C16H10ClF2LiN2O4S. The summed E-state index contributed by atoms with van der Waals surface area (Å²) in [6.07, 6.45) is 2.76. The van der Waals surface area contributed by atoms with E-state index in [0.717, 1.165) is 23.5 Å². The minimum atomic E-state index is -1.23. The van der Waals surface area contributed by atoms with Crippen molar-refractivity contribution in [3.05, 3.63) is 57.2 Å². The van der Waals surface area contributed by atoms with Gasteiger partial charge in [0.15, 0.2) is 17.4 Å². The SMILES string of the molecule is NC(=O)c1cc(F)c(OCc2c(C(=O)O)sc3cncc(Cl)c23)c(F)c1.[LiH]. The molecule has 1 amide bonds. The van der Waals surface area contributed by atoms with E-state index in [1.54, 1.807) is 0 Å². The topological polar surface area (TPSA) is 103 Å². The van der Waals surface area contributed by atoms with Crippen molar-refractivity contribution in [2.24, 2.45) is 5.73 Å². The Morgan fingerprint density at radius 3 is 2.44 bits per heavy atom. The summed E-state index contributed by atoms with van der Waals surface area (Å²) in [5.74, 6) is -5.25. The first-order chi connectivity index (χ1) is 12.3. The normalized spacial score (nSPS) is 10.5. The molecule has 136 valence electrons. The van der Waals surface area contributed by atoms with Crippen molar-refractivity contribution >= 4 is 63.8 Å². The summed E-state index contributed by atoms with van der Waals surface area (Å²) in [5, 5.41) is 9.93. The molecule has 0 bridgehead atoms. The second kappa shape index (κ2) is 8.23. The number of carbonyl (C=O) groups is 2. The van der Waals surface area contributed by atoms with Gasteiger partial charge < -0.3 is 15.6 Å². The second-order valence-corrected chi connectivity index (χ2v) is 6.59. The maximum absolute atomic E-state index is 14.0. The predicted molar refractivity (Wildman–Crippen MR) is 97.9 cm³/mol. The van der Waals surface area contributed by atoms with Crippen LogP contribution in [0.5, 0.6) is 5.75 Å². The van der Waals surface area contributed by atoms with Crippen LogP contribution in [0.3, 0.4) is 0 Å². The van der Waals surface area contributed by atoms with Gasteiger partial charge in [0.05, 0.1) is 9.72 Å². The number of rotatable bonds is 5. The molecule has 0 aliphatic heterocycles. The number of hydrogen-bond acceptors (Lipinski definition) is 5. The Morgan fingerprint density at radius 2 is 1.89 bits per heavy atom. The summed E-state index contributed by atoms with van der Waals surface area (Å²) in [7, 11) is 0. The Balaban J connectivity index is 0.00000261. The van der Waals surface area contributed by atoms with Crippen molar-refractivity contribution in [1.29, 1.82) is 0 Å². The van der Waals surface area contributed by atoms with Crippen molar-refractivity contribution < 1.29 is 28.2 Å². The number of amides is 1. The van der Waals surface area contributed by atoms with Crippen LogP contribution in [0.1, 0.15) is 25.6 Å². The van der Waals surface area contributed by atoms with Crippen LogP contribution in [-0.4, -0.2) is 40.8 Å². The molecule has 0 saturated carbocycles. The standard InChI is InChI=1S/C16H9ClF2N2O4S.Li.H/c17-8-3-21-4-11-12(8)7(14(26-11)16(23)24)5-25-13-9(18)1-6(15(20)22)2-10(13)19;;/h1-4H,5H2,(H2,20,22)(H,23,24);;. The second-order valence-electron chi connectivity index (χ2n) is 5.13. The van der Waals surface area contributed by atoms with Crippen LogP contribution in [0.4, 0.5) is 8.78 Å². The molecule has 0 unspecified atom stereocenters. The molecule has 0 aliphatic carbocycles. The molecular weight excluding hydrogens is 397 g/mol. The zero-order valence-corrected chi connectivity index (χ0v) is 14.3. The molecule has 0 radical (unpaired) electrons. The molecule has 0 fully saturated rings. The van der Waals surface area contributed by atoms with E-state index in [4.69, 9.17) is 22.1 Å². The molecule has 2 aromatic heterocycles. The van der Waals surface area contributed by atoms with Crippen LogP contribution >= 0.6 is 22.9 Å². The summed E-state index contributed by atoms with van der Waals surface area (Å²) >= 11 is 7.00. The summed E-state index contributed by atoms with van der Waals surface area (Å²) in [5.41, 5.74) is 4.80. The Labute approximate surface area is 172 Å². The fraction of sp³-hybridized carbons (Fsp3) is 0.0625. The van der Waals surface area contributed by atoms with Gasteiger partial charge >= 0.3 is 24.8 Å². The molecule has 2 heterocycles. The van der Waals surface area contributed by atoms with Crippen molar-refractivity contribution in [2.75, 3.05) is 0 Å². The molecule has 11 heteroatoms. The molecule has 0 saturated heterocycles. The number of nitrogens with two attached hydrogens (primary N) is 1. The van der Waals surface area contributed by atoms with E-state index < -0.39 is 35.9 Å². The van der Waals surface area contributed by atoms with Gasteiger partial charge in [0.25, 0.3) is 0 Å². The third-order valence-electron chi connectivity index (χ3n) is 3.49. The van der Waals surface area contributed by atoms with Crippen LogP contribution in [0, 0.1) is 11.6 Å². The number of ether oxygens (including phenoxy) is 1. The fourth-order valence-corrected chi connectivity index (χ4v) is 3.74. The van der Waals surface area contributed by atoms with E-state index >= 15 is 0 Å². The molecule has 6 nitrogen and oxygen atoms in total. The number of thiophene rings is 1. The zero-order chi connectivity index (χ0) is 19.0. The van der Waals surface area contributed by atoms with Crippen LogP contribution in [-0.2, 0) is 6.61 Å². The molecule has 3 N–H and O–H groups in total. The number of fused-ring (bicyclic) bond motifs is 1. The Morgan fingerprint density at radius 1 is 1.26 bits per heavy atom. The van der Waals surface area contributed by atoms with Gasteiger partial charge in [-0.15, -0.1) is 11.3 Å². The first kappa shape index (κ1) is 21.1. The monoisotopic (exact) mass is 406 g/mol. The fourth-order valence-electron chi connectivity index (χ4n) is 2.37. The van der Waals surface area contributed by atoms with Crippen molar-refractivity contribution in [2.45, 2.75) is 6.61 Å². The number of carboxylic acids is 1. The maximum atomic E-state index is 14.0. The summed E-state index contributed by atoms with van der Waals surface area (Å²) in [4.78, 5) is 26.3. The van der Waals surface area contributed by atoms with E-state index in [0.29, 0.717) is 10.1 Å². The molecule has 3 rings (SSSR count). The predicted octanol–water partition coefficient (Wildman–Crippen LogP) is 2.96. The number of aromatic nitrogens is 1. The summed E-state index contributed by atoms with van der Waals surface area (Å²) < 4.78 is 33.7. The Kier molecular flexibility index (Phi) is 6.44. The number of hydrogen-bond donors (Lipinski definition) is 2. The van der Waals surface area contributed by atoms with E-state index in [2.05, 4.69) is 4.98 Å². The number of primary amides is 1. The van der Waals surface area contributed by atoms with E-state index in [9.17, 15) is 23.5 Å². The molecule has 0 aliphatic rings. The van der Waals surface area contributed by atoms with Crippen LogP contribution in [0.15, 0.2) is 24.5 Å². The van der Waals surface area contributed by atoms with E-state index in [1.807, 2.05) is 0 Å². The first-order valence-electron chi connectivity index (χ1n) is 6.99. The minimum absolute atomic E-state index is 0. The van der Waals surface area contributed by atoms with Gasteiger partial charge in [-0.3, -0.25) is 9.78 Å². The number of carbonyl (C=O) groups excluding carboxylic acids is 1. The average Bonchev–Trinajstić information content (AvgIpc) is 2.94. The number of nitrogens with zero attached hydrogens (tertiary/aromatic N) is 1. The molecule has 0 atom stereocenters. The number of benzene rings is 1. The van der Waals surface area contributed by atoms with E-state index in [-0.39, 0.29) is 39.9 Å². The van der Waals surface area contributed by atoms with Gasteiger partial charge in [-0.2, -0.15) is 0 Å². The number of halogens is 3. The average molecular weight is 407 g/mol. The van der Waals surface area contributed by atoms with Crippen molar-refractivity contribution in [3.8, 4) is 5.75 Å². The third kappa shape index (κ3) is 4.06. The quantitative estimate of drug-likeness (QED) is 0.634. The number of pyridine rings is 1. The Bertz CT molecular complexity index is 1040. The third-order valence-corrected chi connectivity index (χ3v) is 4.93. The van der Waals surface area contributed by atoms with Crippen molar-refractivity contribution in [1.82, 2.24) is 4.98 Å². The van der Waals surface area contributed by atoms with Crippen LogP contribution < -0.4 is 10.5 Å². The number of aromatic carboxylic acids is 1. The van der Waals surface area contributed by atoms with Gasteiger partial charge in [0.2, 0.25) is 5.91 Å².